The molecule has 0 spiro atoms. The Morgan fingerprint density at radius 2 is 1.74 bits per heavy atom. The van der Waals surface area contributed by atoms with Gasteiger partial charge in [-0.25, -0.2) is 0 Å². The van der Waals surface area contributed by atoms with Gasteiger partial charge in [0.15, 0.2) is 5.76 Å². The first-order valence-electron chi connectivity index (χ1n) is 11.9. The summed E-state index contributed by atoms with van der Waals surface area (Å²) in [5.74, 6) is -0.726. The second kappa shape index (κ2) is 10.4. The van der Waals surface area contributed by atoms with Crippen LogP contribution in [0.5, 0.6) is 0 Å². The van der Waals surface area contributed by atoms with Crippen LogP contribution in [0, 0.1) is 6.92 Å². The van der Waals surface area contributed by atoms with E-state index >= 15 is 0 Å². The summed E-state index contributed by atoms with van der Waals surface area (Å²) in [7, 11) is 1.58. The van der Waals surface area contributed by atoms with Crippen LogP contribution in [0.3, 0.4) is 0 Å². The van der Waals surface area contributed by atoms with Crippen LogP contribution >= 0.6 is 0 Å². The van der Waals surface area contributed by atoms with Gasteiger partial charge in [-0.3, -0.25) is 24.1 Å². The Balaban J connectivity index is 1.51. The molecule has 3 heterocycles. The Kier molecular flexibility index (Phi) is 7.35. The number of hydrogen-bond acceptors (Lipinski definition) is 6. The summed E-state index contributed by atoms with van der Waals surface area (Å²) in [4.78, 5) is 57.3. The lowest BCUT2D eigenvalue weighted by atomic mass is 9.74. The summed E-state index contributed by atoms with van der Waals surface area (Å²) in [6.45, 7) is 4.06. The average Bonchev–Trinajstić information content (AvgIpc) is 3.48. The molecule has 0 unspecified atom stereocenters. The number of aryl methyl sites for hydroxylation is 1. The molecule has 0 aliphatic carbocycles. The zero-order valence-electron chi connectivity index (χ0n) is 20.2. The highest BCUT2D eigenvalue weighted by Crippen LogP contribution is 2.41. The van der Waals surface area contributed by atoms with Crippen molar-refractivity contribution in [3.05, 3.63) is 59.5 Å². The van der Waals surface area contributed by atoms with E-state index in [-0.39, 0.29) is 48.8 Å². The number of carbonyl (C=O) groups is 4. The molecule has 2 aliphatic rings. The Morgan fingerprint density at radius 1 is 1.03 bits per heavy atom. The number of methoxy groups -OCH3 is 1. The first kappa shape index (κ1) is 24.7. The largest absolute Gasteiger partial charge is 0.459 e. The number of benzene rings is 1. The minimum Gasteiger partial charge on any atom is -0.459 e. The zero-order valence-corrected chi connectivity index (χ0v) is 20.2. The number of hydrogen-bond donors (Lipinski definition) is 0. The van der Waals surface area contributed by atoms with E-state index in [1.165, 1.54) is 11.2 Å². The predicted octanol–water partition coefficient (Wildman–Crippen LogP) is 2.00. The first-order chi connectivity index (χ1) is 16.9. The highest BCUT2D eigenvalue weighted by molar-refractivity contribution is 6.11. The fraction of sp³-hybridized carbons (Fsp3) is 0.462. The van der Waals surface area contributed by atoms with E-state index in [0.29, 0.717) is 44.8 Å². The topological polar surface area (TPSA) is 100 Å². The van der Waals surface area contributed by atoms with Crippen molar-refractivity contribution in [3.8, 4) is 0 Å². The number of ether oxygens (including phenoxy) is 1. The maximum Gasteiger partial charge on any atom is 0.289 e. The van der Waals surface area contributed by atoms with Crippen molar-refractivity contribution in [2.45, 2.75) is 31.6 Å². The number of piperazine rings is 1. The Hall–Kier alpha value is -3.46. The highest BCUT2D eigenvalue weighted by Gasteiger charge is 2.54. The van der Waals surface area contributed by atoms with E-state index in [2.05, 4.69) is 0 Å². The number of rotatable bonds is 8. The van der Waals surface area contributed by atoms with Crippen LogP contribution in [0.15, 0.2) is 47.1 Å². The van der Waals surface area contributed by atoms with Crippen LogP contribution < -0.4 is 0 Å². The van der Waals surface area contributed by atoms with Crippen LogP contribution in [0.2, 0.25) is 0 Å². The van der Waals surface area contributed by atoms with E-state index < -0.39 is 5.41 Å². The second-order valence-corrected chi connectivity index (χ2v) is 9.10. The molecular weight excluding hydrogens is 450 g/mol. The average molecular weight is 482 g/mol. The molecule has 186 valence electrons. The summed E-state index contributed by atoms with van der Waals surface area (Å²) < 4.78 is 10.3. The summed E-state index contributed by atoms with van der Waals surface area (Å²) in [6, 6.07) is 10.7. The number of nitrogens with zero attached hydrogens (tertiary/aromatic N) is 3. The van der Waals surface area contributed by atoms with Crippen LogP contribution in [-0.4, -0.2) is 84.8 Å². The smallest absolute Gasteiger partial charge is 0.289 e. The lowest BCUT2D eigenvalue weighted by molar-refractivity contribution is -0.143. The van der Waals surface area contributed by atoms with Gasteiger partial charge < -0.3 is 19.0 Å². The van der Waals surface area contributed by atoms with Crippen LogP contribution in [0.4, 0.5) is 0 Å². The SMILES string of the molecule is COCCCN1C(=O)C[C@@](CC(=O)N2CCN(C(=O)c3ccco3)CC2)(c2ccccc2C)C1=O. The van der Waals surface area contributed by atoms with Gasteiger partial charge in [-0.1, -0.05) is 24.3 Å². The molecule has 35 heavy (non-hydrogen) atoms. The van der Waals surface area contributed by atoms with Crippen LogP contribution in [0.1, 0.15) is 40.9 Å². The molecule has 9 nitrogen and oxygen atoms in total. The van der Waals surface area contributed by atoms with E-state index in [4.69, 9.17) is 9.15 Å². The molecular formula is C26H31N3O6. The third kappa shape index (κ3) is 4.86. The number of furan rings is 1. The molecule has 1 aromatic carbocycles. The van der Waals surface area contributed by atoms with Crippen molar-refractivity contribution in [1.82, 2.24) is 14.7 Å². The van der Waals surface area contributed by atoms with Gasteiger partial charge in [0.1, 0.15) is 0 Å². The molecule has 1 aromatic heterocycles. The lowest BCUT2D eigenvalue weighted by Crippen LogP contribution is -2.52. The molecule has 4 rings (SSSR count). The van der Waals surface area contributed by atoms with Gasteiger partial charge in [0.05, 0.1) is 11.7 Å². The molecule has 0 radical (unpaired) electrons. The van der Waals surface area contributed by atoms with Crippen molar-refractivity contribution >= 4 is 23.6 Å². The van der Waals surface area contributed by atoms with Gasteiger partial charge in [0, 0.05) is 59.3 Å². The molecule has 2 fully saturated rings. The number of likely N-dealkylation sites (tertiary alicyclic amines) is 1. The summed E-state index contributed by atoms with van der Waals surface area (Å²) in [5, 5.41) is 0. The second-order valence-electron chi connectivity index (χ2n) is 9.10. The van der Waals surface area contributed by atoms with Gasteiger partial charge in [-0.05, 0) is 36.6 Å². The molecule has 0 N–H and O–H groups in total. The van der Waals surface area contributed by atoms with Crippen LogP contribution in [0.25, 0.3) is 0 Å². The van der Waals surface area contributed by atoms with Gasteiger partial charge in [-0.15, -0.1) is 0 Å². The zero-order chi connectivity index (χ0) is 25.0. The minimum absolute atomic E-state index is 0.0354. The van der Waals surface area contributed by atoms with Gasteiger partial charge >= 0.3 is 0 Å². The molecule has 0 bridgehead atoms. The Bertz CT molecular complexity index is 1090. The maximum atomic E-state index is 13.7. The quantitative estimate of drug-likeness (QED) is 0.422. The monoisotopic (exact) mass is 481 g/mol. The van der Waals surface area contributed by atoms with Crippen molar-refractivity contribution in [2.75, 3.05) is 46.4 Å². The summed E-state index contributed by atoms with van der Waals surface area (Å²) >= 11 is 0. The minimum atomic E-state index is -1.23. The molecule has 1 atom stereocenters. The highest BCUT2D eigenvalue weighted by atomic mass is 16.5. The normalized spacial score (nSPS) is 20.6. The summed E-state index contributed by atoms with van der Waals surface area (Å²) in [5.41, 5.74) is 0.356. The molecule has 2 saturated heterocycles. The Labute approximate surface area is 204 Å². The van der Waals surface area contributed by atoms with Crippen LogP contribution in [-0.2, 0) is 24.5 Å². The summed E-state index contributed by atoms with van der Waals surface area (Å²) in [6.07, 6.45) is 1.87. The van der Waals surface area contributed by atoms with Crippen molar-refractivity contribution in [3.63, 3.8) is 0 Å². The van der Waals surface area contributed by atoms with Crippen molar-refractivity contribution < 1.29 is 28.3 Å². The molecule has 2 aliphatic heterocycles. The van der Waals surface area contributed by atoms with E-state index in [9.17, 15) is 19.2 Å². The van der Waals surface area contributed by atoms with Gasteiger partial charge in [-0.2, -0.15) is 0 Å². The number of amides is 4. The molecule has 2 aromatic rings. The number of imide groups is 1. The fourth-order valence-corrected chi connectivity index (χ4v) is 5.03. The van der Waals surface area contributed by atoms with E-state index in [1.807, 2.05) is 31.2 Å². The Morgan fingerprint density at radius 3 is 2.40 bits per heavy atom. The fourth-order valence-electron chi connectivity index (χ4n) is 5.03. The molecule has 0 saturated carbocycles. The van der Waals surface area contributed by atoms with E-state index in [1.54, 1.807) is 29.0 Å². The third-order valence-corrected chi connectivity index (χ3v) is 6.90. The lowest BCUT2D eigenvalue weighted by Gasteiger charge is -2.36. The maximum absolute atomic E-state index is 13.7. The van der Waals surface area contributed by atoms with Crippen molar-refractivity contribution in [1.29, 1.82) is 0 Å². The number of carbonyl (C=O) groups excluding carboxylic acids is 4. The van der Waals surface area contributed by atoms with Crippen molar-refractivity contribution in [2.24, 2.45) is 0 Å². The standard InChI is InChI=1S/C26H31N3O6/c1-19-7-3-4-8-20(19)26(18-23(31)29(25(26)33)10-6-15-34-2)17-22(30)27-11-13-28(14-12-27)24(32)21-9-5-16-35-21/h3-5,7-9,16H,6,10-15,17-18H2,1-2H3/t26-/m0/s1. The van der Waals surface area contributed by atoms with Gasteiger partial charge in [0.25, 0.3) is 5.91 Å². The molecule has 4 amide bonds. The molecule has 9 heteroatoms. The predicted molar refractivity (Wildman–Crippen MR) is 126 cm³/mol. The van der Waals surface area contributed by atoms with Gasteiger partial charge in [0.2, 0.25) is 17.7 Å². The van der Waals surface area contributed by atoms with E-state index in [0.717, 1.165) is 5.56 Å². The first-order valence-corrected chi connectivity index (χ1v) is 11.9. The third-order valence-electron chi connectivity index (χ3n) is 6.90.